The SMILES string of the molecule is O=C(NN=Cc1ccc(N2CCOCC2)c([N+](=O)[O-])c1)c1cccc(Cl)c1. The number of benzene rings is 2. The van der Waals surface area contributed by atoms with Crippen molar-refractivity contribution in [1.29, 1.82) is 0 Å². The van der Waals surface area contributed by atoms with Gasteiger partial charge in [-0.25, -0.2) is 5.43 Å². The molecule has 1 saturated heterocycles. The van der Waals surface area contributed by atoms with E-state index in [1.54, 1.807) is 30.3 Å². The number of ether oxygens (including phenoxy) is 1. The van der Waals surface area contributed by atoms with Crippen molar-refractivity contribution >= 4 is 35.1 Å². The molecule has 1 N–H and O–H groups in total. The second-order valence-corrected chi connectivity index (χ2v) is 6.25. The highest BCUT2D eigenvalue weighted by molar-refractivity contribution is 6.30. The Morgan fingerprint density at radius 1 is 1.26 bits per heavy atom. The molecule has 8 nitrogen and oxygen atoms in total. The number of morpholine rings is 1. The number of anilines is 1. The van der Waals surface area contributed by atoms with Crippen LogP contribution in [0.1, 0.15) is 15.9 Å². The van der Waals surface area contributed by atoms with Gasteiger partial charge in [-0.2, -0.15) is 5.10 Å². The molecule has 9 heteroatoms. The molecular weight excluding hydrogens is 372 g/mol. The van der Waals surface area contributed by atoms with Crippen molar-refractivity contribution in [3.8, 4) is 0 Å². The number of hydrogen-bond donors (Lipinski definition) is 1. The van der Waals surface area contributed by atoms with E-state index in [9.17, 15) is 14.9 Å². The Morgan fingerprint density at radius 3 is 2.74 bits per heavy atom. The van der Waals surface area contributed by atoms with Crippen molar-refractivity contribution in [2.24, 2.45) is 5.10 Å². The lowest BCUT2D eigenvalue weighted by Gasteiger charge is -2.28. The Kier molecular flexibility index (Phi) is 6.00. The highest BCUT2D eigenvalue weighted by Crippen LogP contribution is 2.29. The summed E-state index contributed by atoms with van der Waals surface area (Å²) >= 11 is 5.85. The first-order valence-electron chi connectivity index (χ1n) is 8.25. The van der Waals surface area contributed by atoms with E-state index in [0.29, 0.717) is 48.1 Å². The number of hydrogen-bond acceptors (Lipinski definition) is 6. The van der Waals surface area contributed by atoms with Gasteiger partial charge >= 0.3 is 0 Å². The molecule has 0 bridgehead atoms. The predicted octanol–water partition coefficient (Wildman–Crippen LogP) is 2.85. The maximum Gasteiger partial charge on any atom is 0.293 e. The molecule has 27 heavy (non-hydrogen) atoms. The summed E-state index contributed by atoms with van der Waals surface area (Å²) in [5, 5.41) is 15.7. The molecule has 0 radical (unpaired) electrons. The maximum absolute atomic E-state index is 12.0. The molecule has 1 aliphatic heterocycles. The zero-order chi connectivity index (χ0) is 19.2. The number of carbonyl (C=O) groups is 1. The number of rotatable bonds is 5. The van der Waals surface area contributed by atoms with Crippen molar-refractivity contribution in [1.82, 2.24) is 5.43 Å². The van der Waals surface area contributed by atoms with Gasteiger partial charge in [0.1, 0.15) is 5.69 Å². The van der Waals surface area contributed by atoms with Crippen LogP contribution in [-0.4, -0.2) is 43.3 Å². The average molecular weight is 389 g/mol. The lowest BCUT2D eigenvalue weighted by Crippen LogP contribution is -2.36. The minimum absolute atomic E-state index is 0.0120. The number of nitrogens with one attached hydrogen (secondary N) is 1. The number of hydrazone groups is 1. The summed E-state index contributed by atoms with van der Waals surface area (Å²) in [6.07, 6.45) is 1.36. The highest BCUT2D eigenvalue weighted by atomic mass is 35.5. The second-order valence-electron chi connectivity index (χ2n) is 5.81. The standard InChI is InChI=1S/C18H17ClN4O4/c19-15-3-1-2-14(11-15)18(24)21-20-12-13-4-5-16(17(10-13)23(25)26)22-6-8-27-9-7-22/h1-5,10-12H,6-9H2,(H,21,24). The molecule has 1 aliphatic rings. The zero-order valence-corrected chi connectivity index (χ0v) is 15.1. The summed E-state index contributed by atoms with van der Waals surface area (Å²) in [6, 6.07) is 11.3. The van der Waals surface area contributed by atoms with Gasteiger partial charge in [-0.3, -0.25) is 14.9 Å². The van der Waals surface area contributed by atoms with Gasteiger partial charge in [0.2, 0.25) is 0 Å². The van der Waals surface area contributed by atoms with Crippen LogP contribution >= 0.6 is 11.6 Å². The van der Waals surface area contributed by atoms with Gasteiger partial charge in [-0.1, -0.05) is 23.7 Å². The Bertz CT molecular complexity index is 881. The zero-order valence-electron chi connectivity index (χ0n) is 14.3. The maximum atomic E-state index is 12.0. The molecule has 2 aromatic rings. The third-order valence-electron chi connectivity index (χ3n) is 4.01. The van der Waals surface area contributed by atoms with E-state index in [1.807, 2.05) is 4.90 Å². The van der Waals surface area contributed by atoms with E-state index >= 15 is 0 Å². The normalized spacial score (nSPS) is 14.3. The fourth-order valence-corrected chi connectivity index (χ4v) is 2.89. The molecule has 0 aromatic heterocycles. The van der Waals surface area contributed by atoms with E-state index in [0.717, 1.165) is 0 Å². The molecular formula is C18H17ClN4O4. The number of nitrogens with zero attached hydrogens (tertiary/aromatic N) is 3. The van der Waals surface area contributed by atoms with E-state index in [1.165, 1.54) is 18.3 Å². The van der Waals surface area contributed by atoms with Gasteiger partial charge in [-0.05, 0) is 24.3 Å². The molecule has 1 heterocycles. The van der Waals surface area contributed by atoms with Crippen molar-refractivity contribution in [3.05, 3.63) is 68.7 Å². The molecule has 2 aromatic carbocycles. The Labute approximate surface area is 160 Å². The fraction of sp³-hybridized carbons (Fsp3) is 0.222. The largest absolute Gasteiger partial charge is 0.378 e. The Hall–Kier alpha value is -2.97. The lowest BCUT2D eigenvalue weighted by molar-refractivity contribution is -0.384. The lowest BCUT2D eigenvalue weighted by atomic mass is 10.1. The molecule has 0 aliphatic carbocycles. The second kappa shape index (κ2) is 8.61. The number of nitro groups is 1. The smallest absolute Gasteiger partial charge is 0.293 e. The average Bonchev–Trinajstić information content (AvgIpc) is 2.68. The van der Waals surface area contributed by atoms with Crippen LogP contribution < -0.4 is 10.3 Å². The summed E-state index contributed by atoms with van der Waals surface area (Å²) < 4.78 is 5.28. The van der Waals surface area contributed by atoms with Crippen LogP contribution in [0.5, 0.6) is 0 Å². The van der Waals surface area contributed by atoms with E-state index in [-0.39, 0.29) is 5.69 Å². The Balaban J connectivity index is 1.73. The van der Waals surface area contributed by atoms with Gasteiger partial charge in [0.15, 0.2) is 0 Å². The third kappa shape index (κ3) is 4.81. The molecule has 140 valence electrons. The number of amides is 1. The molecule has 1 amide bonds. The number of nitro benzene ring substituents is 1. The van der Waals surface area contributed by atoms with Gasteiger partial charge in [0.05, 0.1) is 24.4 Å². The van der Waals surface area contributed by atoms with E-state index in [2.05, 4.69) is 10.5 Å². The molecule has 0 unspecified atom stereocenters. The van der Waals surface area contributed by atoms with Crippen molar-refractivity contribution in [2.45, 2.75) is 0 Å². The van der Waals surface area contributed by atoms with Crippen LogP contribution in [0.3, 0.4) is 0 Å². The molecule has 0 saturated carbocycles. The predicted molar refractivity (Wildman–Crippen MR) is 103 cm³/mol. The number of halogens is 1. The van der Waals surface area contributed by atoms with Crippen molar-refractivity contribution < 1.29 is 14.5 Å². The monoisotopic (exact) mass is 388 g/mol. The van der Waals surface area contributed by atoms with Gasteiger partial charge in [-0.15, -0.1) is 0 Å². The van der Waals surface area contributed by atoms with Gasteiger partial charge in [0, 0.05) is 35.3 Å². The molecule has 0 spiro atoms. The Morgan fingerprint density at radius 2 is 2.04 bits per heavy atom. The molecule has 1 fully saturated rings. The first-order chi connectivity index (χ1) is 13.0. The van der Waals surface area contributed by atoms with Crippen LogP contribution in [-0.2, 0) is 4.74 Å². The first kappa shape index (κ1) is 18.8. The van der Waals surface area contributed by atoms with Crippen LogP contribution in [0.2, 0.25) is 5.02 Å². The quantitative estimate of drug-likeness (QED) is 0.482. The first-order valence-corrected chi connectivity index (χ1v) is 8.62. The van der Waals surface area contributed by atoms with E-state index in [4.69, 9.17) is 16.3 Å². The summed E-state index contributed by atoms with van der Waals surface area (Å²) in [4.78, 5) is 24.9. The van der Waals surface area contributed by atoms with Crippen molar-refractivity contribution in [2.75, 3.05) is 31.2 Å². The number of carbonyl (C=O) groups excluding carboxylic acids is 1. The van der Waals surface area contributed by atoms with Crippen LogP contribution in [0.4, 0.5) is 11.4 Å². The van der Waals surface area contributed by atoms with Gasteiger partial charge < -0.3 is 9.64 Å². The summed E-state index contributed by atoms with van der Waals surface area (Å²) in [5.74, 6) is -0.423. The van der Waals surface area contributed by atoms with Crippen molar-refractivity contribution in [3.63, 3.8) is 0 Å². The van der Waals surface area contributed by atoms with Gasteiger partial charge in [0.25, 0.3) is 11.6 Å². The summed E-state index contributed by atoms with van der Waals surface area (Å²) in [7, 11) is 0. The minimum atomic E-state index is -0.424. The topological polar surface area (TPSA) is 97.1 Å². The third-order valence-corrected chi connectivity index (χ3v) is 4.25. The van der Waals surface area contributed by atoms with Crippen LogP contribution in [0, 0.1) is 10.1 Å². The fourth-order valence-electron chi connectivity index (χ4n) is 2.70. The summed E-state index contributed by atoms with van der Waals surface area (Å²) in [5.41, 5.74) is 3.78. The minimum Gasteiger partial charge on any atom is -0.378 e. The highest BCUT2D eigenvalue weighted by Gasteiger charge is 2.21. The molecule has 3 rings (SSSR count). The van der Waals surface area contributed by atoms with E-state index < -0.39 is 10.8 Å². The molecule has 0 atom stereocenters. The van der Waals surface area contributed by atoms with Crippen LogP contribution in [0.25, 0.3) is 0 Å². The summed E-state index contributed by atoms with van der Waals surface area (Å²) in [6.45, 7) is 2.28. The van der Waals surface area contributed by atoms with Crippen LogP contribution in [0.15, 0.2) is 47.6 Å².